The Labute approximate surface area is 116 Å². The van der Waals surface area contributed by atoms with Crippen molar-refractivity contribution < 1.29 is 4.92 Å². The lowest BCUT2D eigenvalue weighted by Gasteiger charge is -2.14. The molecule has 104 valence electrons. The number of hydrogen-bond acceptors (Lipinski definition) is 6. The van der Waals surface area contributed by atoms with Crippen molar-refractivity contribution in [2.24, 2.45) is 0 Å². The molecule has 2 heterocycles. The van der Waals surface area contributed by atoms with Crippen LogP contribution in [0.5, 0.6) is 0 Å². The maximum Gasteiger partial charge on any atom is 0.311 e. The summed E-state index contributed by atoms with van der Waals surface area (Å²) in [5.41, 5.74) is 0.727. The highest BCUT2D eigenvalue weighted by atomic mass is 16.6. The monoisotopic (exact) mass is 273 g/mol. The quantitative estimate of drug-likeness (QED) is 0.642. The van der Waals surface area contributed by atoms with Crippen molar-refractivity contribution in [3.63, 3.8) is 0 Å². The Hall–Kier alpha value is -2.70. The lowest BCUT2D eigenvalue weighted by Crippen LogP contribution is -2.11. The summed E-state index contributed by atoms with van der Waals surface area (Å²) in [6.45, 7) is 1.87. The van der Waals surface area contributed by atoms with Gasteiger partial charge < -0.3 is 10.6 Å². The Kier molecular flexibility index (Phi) is 4.09. The maximum absolute atomic E-state index is 11.0. The summed E-state index contributed by atoms with van der Waals surface area (Å²) in [6, 6.07) is 8.34. The highest BCUT2D eigenvalue weighted by Crippen LogP contribution is 2.27. The molecule has 1 atom stereocenters. The van der Waals surface area contributed by atoms with E-state index in [0.717, 1.165) is 5.69 Å². The smallest absolute Gasteiger partial charge is 0.311 e. The van der Waals surface area contributed by atoms with E-state index in [2.05, 4.69) is 20.6 Å². The summed E-state index contributed by atoms with van der Waals surface area (Å²) in [4.78, 5) is 19.0. The molecule has 0 aliphatic carbocycles. The highest BCUT2D eigenvalue weighted by molar-refractivity contribution is 5.60. The molecule has 0 aliphatic rings. The summed E-state index contributed by atoms with van der Waals surface area (Å²) < 4.78 is 0. The van der Waals surface area contributed by atoms with Crippen molar-refractivity contribution in [3.8, 4) is 0 Å². The van der Waals surface area contributed by atoms with Crippen LogP contribution in [0.15, 0.2) is 36.5 Å². The lowest BCUT2D eigenvalue weighted by molar-refractivity contribution is -0.384. The molecule has 7 nitrogen and oxygen atoms in total. The molecule has 2 rings (SSSR count). The van der Waals surface area contributed by atoms with E-state index in [1.54, 1.807) is 19.3 Å². The Bertz CT molecular complexity index is 603. The van der Waals surface area contributed by atoms with E-state index in [9.17, 15) is 10.1 Å². The average molecular weight is 273 g/mol. The summed E-state index contributed by atoms with van der Waals surface area (Å²) in [7, 11) is 1.71. The Morgan fingerprint density at radius 1 is 1.30 bits per heavy atom. The van der Waals surface area contributed by atoms with E-state index in [0.29, 0.717) is 5.82 Å². The minimum atomic E-state index is -0.458. The fourth-order valence-corrected chi connectivity index (χ4v) is 1.76. The van der Waals surface area contributed by atoms with Gasteiger partial charge in [-0.05, 0) is 25.1 Å². The van der Waals surface area contributed by atoms with Crippen LogP contribution in [0, 0.1) is 10.1 Å². The minimum absolute atomic E-state index is 0.0632. The molecule has 2 N–H and O–H groups in total. The fraction of sp³-hybridized carbons (Fsp3) is 0.231. The summed E-state index contributed by atoms with van der Waals surface area (Å²) in [5.74, 6) is 0.784. The van der Waals surface area contributed by atoms with Gasteiger partial charge in [-0.25, -0.2) is 4.98 Å². The molecule has 0 saturated carbocycles. The van der Waals surface area contributed by atoms with Gasteiger partial charge >= 0.3 is 5.69 Å². The van der Waals surface area contributed by atoms with Crippen LogP contribution in [0.4, 0.5) is 17.3 Å². The molecule has 2 aromatic rings. The van der Waals surface area contributed by atoms with Crippen LogP contribution in [0.1, 0.15) is 18.7 Å². The molecular formula is C13H15N5O2. The zero-order chi connectivity index (χ0) is 14.5. The molecule has 0 radical (unpaired) electrons. The second-order valence-corrected chi connectivity index (χ2v) is 4.19. The third-order valence-electron chi connectivity index (χ3n) is 2.81. The van der Waals surface area contributed by atoms with Gasteiger partial charge in [0.15, 0.2) is 0 Å². The SMILES string of the molecule is CNc1ccc([N+](=O)[O-])c(NC(C)c2ccccn2)n1. The molecule has 0 amide bonds. The molecule has 1 unspecified atom stereocenters. The third-order valence-corrected chi connectivity index (χ3v) is 2.81. The lowest BCUT2D eigenvalue weighted by atomic mass is 10.2. The van der Waals surface area contributed by atoms with Crippen molar-refractivity contribution in [1.29, 1.82) is 0 Å². The van der Waals surface area contributed by atoms with E-state index in [4.69, 9.17) is 0 Å². The van der Waals surface area contributed by atoms with E-state index < -0.39 is 4.92 Å². The number of anilines is 2. The molecule has 0 aromatic carbocycles. The first-order valence-electron chi connectivity index (χ1n) is 6.12. The van der Waals surface area contributed by atoms with Gasteiger partial charge in [0.1, 0.15) is 5.82 Å². The Morgan fingerprint density at radius 2 is 2.10 bits per heavy atom. The number of nitrogens with zero attached hydrogens (tertiary/aromatic N) is 3. The second kappa shape index (κ2) is 5.96. The van der Waals surface area contributed by atoms with Crippen LogP contribution in [-0.2, 0) is 0 Å². The van der Waals surface area contributed by atoms with Crippen molar-refractivity contribution >= 4 is 17.3 Å². The number of rotatable bonds is 5. The summed E-state index contributed by atoms with van der Waals surface area (Å²) >= 11 is 0. The number of nitrogens with one attached hydrogen (secondary N) is 2. The molecule has 0 fully saturated rings. The van der Waals surface area contributed by atoms with Gasteiger partial charge in [-0.1, -0.05) is 6.07 Å². The van der Waals surface area contributed by atoms with Gasteiger partial charge in [-0.15, -0.1) is 0 Å². The Morgan fingerprint density at radius 3 is 2.70 bits per heavy atom. The Balaban J connectivity index is 2.29. The summed E-state index contributed by atoms with van der Waals surface area (Å²) in [6.07, 6.45) is 1.68. The minimum Gasteiger partial charge on any atom is -0.373 e. The van der Waals surface area contributed by atoms with E-state index >= 15 is 0 Å². The van der Waals surface area contributed by atoms with Gasteiger partial charge in [0.2, 0.25) is 5.82 Å². The second-order valence-electron chi connectivity index (χ2n) is 4.19. The molecule has 0 spiro atoms. The van der Waals surface area contributed by atoms with Gasteiger partial charge in [0, 0.05) is 19.3 Å². The number of nitro groups is 1. The molecule has 20 heavy (non-hydrogen) atoms. The predicted octanol–water partition coefficient (Wildman–Crippen LogP) is 2.60. The predicted molar refractivity (Wildman–Crippen MR) is 76.7 cm³/mol. The fourth-order valence-electron chi connectivity index (χ4n) is 1.76. The molecule has 0 saturated heterocycles. The first-order valence-corrected chi connectivity index (χ1v) is 6.12. The molecule has 7 heteroatoms. The standard InChI is InChI=1S/C13H15N5O2/c1-9(10-5-3-4-8-15-10)16-13-11(18(19)20)6-7-12(14-2)17-13/h3-9H,1-2H3,(H2,14,16,17). The van der Waals surface area contributed by atoms with Crippen LogP contribution in [-0.4, -0.2) is 21.9 Å². The van der Waals surface area contributed by atoms with Gasteiger partial charge in [-0.2, -0.15) is 0 Å². The van der Waals surface area contributed by atoms with Crippen LogP contribution in [0.3, 0.4) is 0 Å². The summed E-state index contributed by atoms with van der Waals surface area (Å²) in [5, 5.41) is 16.9. The topological polar surface area (TPSA) is 93.0 Å². The van der Waals surface area contributed by atoms with Crippen LogP contribution in [0.25, 0.3) is 0 Å². The van der Waals surface area contributed by atoms with E-state index in [1.807, 2.05) is 25.1 Å². The first kappa shape index (κ1) is 13.7. The molecular weight excluding hydrogens is 258 g/mol. The number of hydrogen-bond donors (Lipinski definition) is 2. The zero-order valence-electron chi connectivity index (χ0n) is 11.2. The number of aromatic nitrogens is 2. The van der Waals surface area contributed by atoms with E-state index in [-0.39, 0.29) is 17.5 Å². The van der Waals surface area contributed by atoms with Crippen LogP contribution < -0.4 is 10.6 Å². The van der Waals surface area contributed by atoms with Gasteiger partial charge in [-0.3, -0.25) is 15.1 Å². The molecule has 0 aliphatic heterocycles. The normalized spacial score (nSPS) is 11.7. The van der Waals surface area contributed by atoms with Crippen molar-refractivity contribution in [2.45, 2.75) is 13.0 Å². The molecule has 2 aromatic heterocycles. The third kappa shape index (κ3) is 3.00. The molecule has 0 bridgehead atoms. The van der Waals surface area contributed by atoms with Crippen molar-refractivity contribution in [1.82, 2.24) is 9.97 Å². The zero-order valence-corrected chi connectivity index (χ0v) is 11.2. The van der Waals surface area contributed by atoms with Crippen molar-refractivity contribution in [2.75, 3.05) is 17.7 Å². The maximum atomic E-state index is 11.0. The largest absolute Gasteiger partial charge is 0.373 e. The first-order chi connectivity index (χ1) is 9.61. The van der Waals surface area contributed by atoms with Crippen LogP contribution in [0.2, 0.25) is 0 Å². The van der Waals surface area contributed by atoms with Crippen molar-refractivity contribution in [3.05, 3.63) is 52.3 Å². The van der Waals surface area contributed by atoms with Gasteiger partial charge in [0.25, 0.3) is 0 Å². The van der Waals surface area contributed by atoms with E-state index in [1.165, 1.54) is 6.07 Å². The van der Waals surface area contributed by atoms with Crippen LogP contribution >= 0.6 is 0 Å². The van der Waals surface area contributed by atoms with Gasteiger partial charge in [0.05, 0.1) is 16.7 Å². The highest BCUT2D eigenvalue weighted by Gasteiger charge is 2.18. The average Bonchev–Trinajstić information content (AvgIpc) is 2.47. The number of pyridine rings is 2.